The van der Waals surface area contributed by atoms with Gasteiger partial charge in [0.15, 0.2) is 23.1 Å². The second kappa shape index (κ2) is 13.3. The Labute approximate surface area is 331 Å². The van der Waals surface area contributed by atoms with Crippen molar-refractivity contribution >= 4 is 77.5 Å². The lowest BCUT2D eigenvalue weighted by Crippen LogP contribution is -2.25. The molecule has 6 aromatic carbocycles. The van der Waals surface area contributed by atoms with Crippen LogP contribution in [0, 0.1) is 13.8 Å². The van der Waals surface area contributed by atoms with Crippen molar-refractivity contribution in [3.05, 3.63) is 153 Å². The fourth-order valence-corrected chi connectivity index (χ4v) is 8.90. The van der Waals surface area contributed by atoms with Crippen LogP contribution >= 0.6 is 0 Å². The Morgan fingerprint density at radius 2 is 0.759 bits per heavy atom. The predicted molar refractivity (Wildman–Crippen MR) is 216 cm³/mol. The van der Waals surface area contributed by atoms with Gasteiger partial charge in [0, 0.05) is 33.6 Å². The van der Waals surface area contributed by atoms with E-state index < -0.39 is 64.5 Å². The van der Waals surface area contributed by atoms with Gasteiger partial charge in [-0.1, -0.05) is 60.7 Å². The summed E-state index contributed by atoms with van der Waals surface area (Å²) in [5, 5.41) is 6.09. The summed E-state index contributed by atoms with van der Waals surface area (Å²) in [4.78, 5) is 53.2. The monoisotopic (exact) mass is 814 g/mol. The number of nitrogens with two attached hydrogens (primary N) is 2. The molecule has 8 rings (SSSR count). The van der Waals surface area contributed by atoms with Gasteiger partial charge in [-0.15, -0.1) is 0 Å². The summed E-state index contributed by atoms with van der Waals surface area (Å²) in [7, 11) is -9.84. The van der Waals surface area contributed by atoms with Crippen molar-refractivity contribution in [2.24, 2.45) is 0 Å². The molecule has 0 bridgehead atoms. The molecule has 0 spiro atoms. The Hall–Kier alpha value is -6.98. The van der Waals surface area contributed by atoms with E-state index in [1.54, 1.807) is 60.7 Å². The number of carbonyl (C=O) groups excluding carboxylic acids is 4. The Morgan fingerprint density at radius 3 is 1.05 bits per heavy atom. The van der Waals surface area contributed by atoms with Crippen molar-refractivity contribution in [1.82, 2.24) is 0 Å². The van der Waals surface area contributed by atoms with Crippen LogP contribution in [-0.2, 0) is 20.2 Å². The maximum Gasteiger partial charge on any atom is 0.296 e. The normalized spacial score (nSPS) is 13.4. The smallest absolute Gasteiger partial charge is 0.296 e. The maximum atomic E-state index is 13.8. The molecular weight excluding hydrogens is 785 g/mol. The highest BCUT2D eigenvalue weighted by Gasteiger charge is 2.38. The van der Waals surface area contributed by atoms with Gasteiger partial charge >= 0.3 is 0 Å². The van der Waals surface area contributed by atoms with Crippen LogP contribution in [-0.4, -0.2) is 49.1 Å². The third-order valence-corrected chi connectivity index (χ3v) is 12.0. The molecule has 0 amide bonds. The van der Waals surface area contributed by atoms with Crippen LogP contribution in [0.5, 0.6) is 0 Å². The number of fused-ring (bicyclic) bond motifs is 4. The molecule has 8 N–H and O–H groups in total. The zero-order valence-electron chi connectivity index (χ0n) is 30.4. The lowest BCUT2D eigenvalue weighted by Gasteiger charge is -2.24. The van der Waals surface area contributed by atoms with Crippen LogP contribution in [0.4, 0.5) is 34.1 Å². The molecule has 0 aliphatic heterocycles. The molecule has 0 saturated heterocycles. The second-order valence-corrected chi connectivity index (χ2v) is 16.6. The molecule has 0 fully saturated rings. The molecule has 0 aromatic heterocycles. The summed E-state index contributed by atoms with van der Waals surface area (Å²) in [6.45, 7) is 3.63. The van der Waals surface area contributed by atoms with E-state index in [9.17, 15) is 45.1 Å². The molecule has 2 aliphatic rings. The first-order valence-corrected chi connectivity index (χ1v) is 20.2. The number of nitrogen functional groups attached to an aromatic ring is 2. The average molecular weight is 815 g/mol. The van der Waals surface area contributed by atoms with Crippen molar-refractivity contribution in [2.45, 2.75) is 23.6 Å². The minimum absolute atomic E-state index is 0.0481. The third kappa shape index (κ3) is 6.02. The molecular formula is C42H30N4O10S2. The van der Waals surface area contributed by atoms with E-state index in [0.717, 1.165) is 34.4 Å². The minimum atomic E-state index is -4.92. The molecule has 2 aliphatic carbocycles. The second-order valence-electron chi connectivity index (χ2n) is 13.8. The number of nitrogens with one attached hydrogen (secondary N) is 2. The summed E-state index contributed by atoms with van der Waals surface area (Å²) in [6.07, 6.45) is 0. The van der Waals surface area contributed by atoms with E-state index in [-0.39, 0.29) is 55.9 Å². The van der Waals surface area contributed by atoms with Gasteiger partial charge in [-0.2, -0.15) is 16.8 Å². The zero-order valence-corrected chi connectivity index (χ0v) is 32.0. The molecule has 16 heteroatoms. The first-order chi connectivity index (χ1) is 27.4. The predicted octanol–water partition coefficient (Wildman–Crippen LogP) is 6.67. The van der Waals surface area contributed by atoms with Gasteiger partial charge in [-0.05, 0) is 72.5 Å². The van der Waals surface area contributed by atoms with E-state index in [0.29, 0.717) is 11.4 Å². The number of hydrogen-bond donors (Lipinski definition) is 6. The topological polar surface area (TPSA) is 253 Å². The Bertz CT molecular complexity index is 2930. The van der Waals surface area contributed by atoms with E-state index in [1.807, 2.05) is 13.8 Å². The quantitative estimate of drug-likeness (QED) is 0.0727. The van der Waals surface area contributed by atoms with E-state index in [1.165, 1.54) is 24.3 Å². The summed E-state index contributed by atoms with van der Waals surface area (Å²) in [5.74, 6) is -2.46. The van der Waals surface area contributed by atoms with Gasteiger partial charge in [0.2, 0.25) is 0 Å². The number of ketones is 4. The van der Waals surface area contributed by atoms with Gasteiger partial charge < -0.3 is 22.1 Å². The lowest BCUT2D eigenvalue weighted by molar-refractivity contribution is 0.0980. The van der Waals surface area contributed by atoms with Crippen molar-refractivity contribution < 1.29 is 45.1 Å². The first kappa shape index (κ1) is 37.9. The van der Waals surface area contributed by atoms with Crippen LogP contribution in [0.25, 0.3) is 11.1 Å². The molecule has 0 heterocycles. The van der Waals surface area contributed by atoms with Crippen molar-refractivity contribution in [2.75, 3.05) is 22.1 Å². The van der Waals surface area contributed by atoms with Gasteiger partial charge in [0.05, 0.1) is 45.0 Å². The van der Waals surface area contributed by atoms with Crippen LogP contribution < -0.4 is 22.1 Å². The van der Waals surface area contributed by atoms with E-state index in [2.05, 4.69) is 10.6 Å². The SMILES string of the molecule is Cc1cc(Nc2cc(S(=O)(=O)O)c(N)c3c2C(=O)c2ccccc2C3=O)ccc1-c1ccc(Nc2cc(S(=O)(=O)O)c(N)c3c2C(=O)c2ccccc2C3=O)cc1C. The summed E-state index contributed by atoms with van der Waals surface area (Å²) in [5.41, 5.74) is 14.2. The molecule has 58 heavy (non-hydrogen) atoms. The highest BCUT2D eigenvalue weighted by atomic mass is 32.2. The summed E-state index contributed by atoms with van der Waals surface area (Å²) in [6, 6.07) is 24.5. The summed E-state index contributed by atoms with van der Waals surface area (Å²) < 4.78 is 69.5. The molecule has 0 unspecified atom stereocenters. The third-order valence-electron chi connectivity index (χ3n) is 10.3. The van der Waals surface area contributed by atoms with Crippen LogP contribution in [0.2, 0.25) is 0 Å². The largest absolute Gasteiger partial charge is 0.397 e. The van der Waals surface area contributed by atoms with Crippen LogP contribution in [0.15, 0.2) is 107 Å². The molecule has 0 atom stereocenters. The Morgan fingerprint density at radius 1 is 0.448 bits per heavy atom. The maximum absolute atomic E-state index is 13.8. The highest BCUT2D eigenvalue weighted by molar-refractivity contribution is 7.86. The average Bonchev–Trinajstić information content (AvgIpc) is 3.16. The highest BCUT2D eigenvalue weighted by Crippen LogP contribution is 2.43. The van der Waals surface area contributed by atoms with E-state index in [4.69, 9.17) is 11.5 Å². The molecule has 14 nitrogen and oxygen atoms in total. The van der Waals surface area contributed by atoms with Crippen LogP contribution in [0.1, 0.15) is 74.8 Å². The van der Waals surface area contributed by atoms with Gasteiger partial charge in [-0.25, -0.2) is 0 Å². The first-order valence-electron chi connectivity index (χ1n) is 17.4. The van der Waals surface area contributed by atoms with Crippen molar-refractivity contribution in [3.63, 3.8) is 0 Å². The number of rotatable bonds is 7. The van der Waals surface area contributed by atoms with Gasteiger partial charge in [0.25, 0.3) is 20.2 Å². The standard InChI is InChI=1S/C42H30N4O10S2/c1-19-15-21(45-29-17-31(57(51,52)53)37(43)35-33(29)39(47)25-7-3-5-9-27(25)41(35)49)11-13-23(19)24-14-12-22(16-20(24)2)46-30-18-32(58(54,55)56)38(44)36-34(30)40(48)26-8-4-6-10-28(26)42(36)50/h3-18,45-46H,43-44H2,1-2H3,(H,51,52,53)(H,54,55,56). The number of hydrogen-bond acceptors (Lipinski definition) is 12. The number of benzene rings is 6. The molecule has 6 aromatic rings. The number of anilines is 6. The van der Waals surface area contributed by atoms with Gasteiger partial charge in [-0.3, -0.25) is 28.3 Å². The Balaban J connectivity index is 1.15. The molecule has 0 saturated carbocycles. The number of aryl methyl sites for hydroxylation is 2. The lowest BCUT2D eigenvalue weighted by atomic mass is 9.82. The minimum Gasteiger partial charge on any atom is -0.397 e. The fraction of sp³-hybridized carbons (Fsp3) is 0.0476. The number of carbonyl (C=O) groups is 4. The van der Waals surface area contributed by atoms with Crippen LogP contribution in [0.3, 0.4) is 0 Å². The molecule has 0 radical (unpaired) electrons. The molecule has 290 valence electrons. The van der Waals surface area contributed by atoms with Gasteiger partial charge in [0.1, 0.15) is 9.79 Å². The van der Waals surface area contributed by atoms with Crippen molar-refractivity contribution in [1.29, 1.82) is 0 Å². The fourth-order valence-electron chi connectivity index (χ4n) is 7.61. The van der Waals surface area contributed by atoms with Crippen molar-refractivity contribution in [3.8, 4) is 11.1 Å². The summed E-state index contributed by atoms with van der Waals surface area (Å²) >= 11 is 0. The zero-order chi connectivity index (χ0) is 41.6. The Kier molecular flexibility index (Phi) is 8.70. The van der Waals surface area contributed by atoms with E-state index >= 15 is 0 Å².